The van der Waals surface area contributed by atoms with Gasteiger partial charge in [-0.15, -0.1) is 11.3 Å². The number of nitrogens with two attached hydrogens (primary N) is 1. The summed E-state index contributed by atoms with van der Waals surface area (Å²) in [6, 6.07) is 3.35. The number of hydrogen-bond donors (Lipinski definition) is 2. The number of halogens is 1. The minimum absolute atomic E-state index is 0.0645. The van der Waals surface area contributed by atoms with Crippen LogP contribution >= 0.6 is 22.9 Å². The Bertz CT molecular complexity index is 388. The molecule has 0 saturated carbocycles. The molecule has 3 N–H and O–H groups in total. The van der Waals surface area contributed by atoms with Crippen LogP contribution in [0.2, 0.25) is 4.34 Å². The maximum Gasteiger partial charge on any atom is 0.319 e. The second-order valence-corrected chi connectivity index (χ2v) is 5.18. The fraction of sp³-hybridized carbons (Fsp3) is 0.333. The van der Waals surface area contributed by atoms with E-state index in [0.717, 1.165) is 4.88 Å². The number of amides is 1. The van der Waals surface area contributed by atoms with Gasteiger partial charge in [0, 0.05) is 11.3 Å². The van der Waals surface area contributed by atoms with Crippen LogP contribution in [0.25, 0.3) is 0 Å². The third kappa shape index (κ3) is 2.49. The summed E-state index contributed by atoms with van der Waals surface area (Å²) in [5.41, 5.74) is 3.50. The molecular weight excluding hydrogens is 238 g/mol. The van der Waals surface area contributed by atoms with Crippen LogP contribution in [0.3, 0.4) is 0 Å². The van der Waals surface area contributed by atoms with Crippen LogP contribution in [0.1, 0.15) is 11.8 Å². The molecule has 0 aliphatic heterocycles. The van der Waals surface area contributed by atoms with E-state index >= 15 is 0 Å². The topological polar surface area (TPSA) is 80.4 Å². The van der Waals surface area contributed by atoms with E-state index in [1.54, 1.807) is 12.1 Å². The fourth-order valence-electron chi connectivity index (χ4n) is 1.06. The first-order valence-corrected chi connectivity index (χ1v) is 5.33. The van der Waals surface area contributed by atoms with Crippen molar-refractivity contribution in [2.24, 2.45) is 11.1 Å². The molecule has 4 nitrogen and oxygen atoms in total. The fourth-order valence-corrected chi connectivity index (χ4v) is 2.31. The highest BCUT2D eigenvalue weighted by Gasteiger charge is 2.40. The first-order chi connectivity index (χ1) is 6.86. The van der Waals surface area contributed by atoms with Gasteiger partial charge in [-0.25, -0.2) is 0 Å². The summed E-state index contributed by atoms with van der Waals surface area (Å²) in [6.07, 6.45) is 0.0645. The zero-order valence-corrected chi connectivity index (χ0v) is 9.56. The Balaban J connectivity index is 2.94. The molecule has 0 aromatic carbocycles. The molecular formula is C9H10ClNO3S. The second kappa shape index (κ2) is 4.20. The SMILES string of the molecule is CC(Cc1ccc(Cl)s1)(C(N)=O)C(=O)O. The summed E-state index contributed by atoms with van der Waals surface area (Å²) < 4.78 is 0.558. The van der Waals surface area contributed by atoms with Crippen LogP contribution in [0, 0.1) is 5.41 Å². The van der Waals surface area contributed by atoms with E-state index in [9.17, 15) is 9.59 Å². The van der Waals surface area contributed by atoms with Crippen molar-refractivity contribution in [2.45, 2.75) is 13.3 Å². The van der Waals surface area contributed by atoms with Gasteiger partial charge in [0.05, 0.1) is 4.34 Å². The zero-order valence-electron chi connectivity index (χ0n) is 7.99. The van der Waals surface area contributed by atoms with Gasteiger partial charge < -0.3 is 10.8 Å². The highest BCUT2D eigenvalue weighted by molar-refractivity contribution is 7.16. The summed E-state index contributed by atoms with van der Waals surface area (Å²) in [5, 5.41) is 8.94. The largest absolute Gasteiger partial charge is 0.480 e. The first-order valence-electron chi connectivity index (χ1n) is 4.14. The van der Waals surface area contributed by atoms with Crippen molar-refractivity contribution < 1.29 is 14.7 Å². The van der Waals surface area contributed by atoms with Gasteiger partial charge in [0.1, 0.15) is 5.41 Å². The van der Waals surface area contributed by atoms with E-state index in [1.807, 2.05) is 0 Å². The molecule has 1 aromatic heterocycles. The van der Waals surface area contributed by atoms with Crippen molar-refractivity contribution in [1.29, 1.82) is 0 Å². The Labute approximate surface area is 95.7 Å². The number of primary amides is 1. The van der Waals surface area contributed by atoms with Crippen molar-refractivity contribution >= 4 is 34.8 Å². The van der Waals surface area contributed by atoms with Crippen LogP contribution in [0.15, 0.2) is 12.1 Å². The van der Waals surface area contributed by atoms with Gasteiger partial charge in [-0.1, -0.05) is 11.6 Å². The van der Waals surface area contributed by atoms with Crippen LogP contribution < -0.4 is 5.73 Å². The molecule has 1 atom stereocenters. The molecule has 0 bridgehead atoms. The molecule has 0 radical (unpaired) electrons. The summed E-state index contributed by atoms with van der Waals surface area (Å²) in [6.45, 7) is 1.31. The molecule has 1 unspecified atom stereocenters. The zero-order chi connectivity index (χ0) is 11.6. The lowest BCUT2D eigenvalue weighted by molar-refractivity contribution is -0.153. The number of rotatable bonds is 4. The van der Waals surface area contributed by atoms with E-state index in [0.29, 0.717) is 4.34 Å². The lowest BCUT2D eigenvalue weighted by atomic mass is 9.85. The molecule has 15 heavy (non-hydrogen) atoms. The molecule has 1 amide bonds. The molecule has 0 aliphatic carbocycles. The lowest BCUT2D eigenvalue weighted by Gasteiger charge is -2.19. The molecule has 6 heteroatoms. The normalized spacial score (nSPS) is 14.5. The molecule has 82 valence electrons. The predicted octanol–water partition coefficient (Wildman–Crippen LogP) is 1.52. The number of carbonyl (C=O) groups excluding carboxylic acids is 1. The minimum atomic E-state index is -1.58. The van der Waals surface area contributed by atoms with E-state index in [4.69, 9.17) is 22.4 Å². The van der Waals surface area contributed by atoms with Gasteiger partial charge in [0.2, 0.25) is 5.91 Å². The van der Waals surface area contributed by atoms with Crippen molar-refractivity contribution in [2.75, 3.05) is 0 Å². The van der Waals surface area contributed by atoms with Crippen molar-refractivity contribution in [3.63, 3.8) is 0 Å². The lowest BCUT2D eigenvalue weighted by Crippen LogP contribution is -2.42. The first kappa shape index (κ1) is 12.0. The number of thiophene rings is 1. The monoisotopic (exact) mass is 247 g/mol. The number of aliphatic carboxylic acids is 1. The Kier molecular flexibility index (Phi) is 3.36. The number of carboxylic acid groups (broad SMARTS) is 1. The molecule has 0 saturated heterocycles. The van der Waals surface area contributed by atoms with Gasteiger partial charge in [0.15, 0.2) is 0 Å². The van der Waals surface area contributed by atoms with Crippen LogP contribution in [-0.2, 0) is 16.0 Å². The number of carboxylic acids is 1. The van der Waals surface area contributed by atoms with Crippen LogP contribution in [0.4, 0.5) is 0 Å². The van der Waals surface area contributed by atoms with Crippen molar-refractivity contribution in [3.05, 3.63) is 21.3 Å². The molecule has 0 aliphatic rings. The third-order valence-electron chi connectivity index (χ3n) is 2.17. The molecule has 1 rings (SSSR count). The van der Waals surface area contributed by atoms with Crippen molar-refractivity contribution in [3.8, 4) is 0 Å². The van der Waals surface area contributed by atoms with Crippen LogP contribution in [0.5, 0.6) is 0 Å². The van der Waals surface area contributed by atoms with E-state index < -0.39 is 17.3 Å². The number of hydrogen-bond acceptors (Lipinski definition) is 3. The average molecular weight is 248 g/mol. The van der Waals surface area contributed by atoms with E-state index in [2.05, 4.69) is 0 Å². The summed E-state index contributed by atoms with van der Waals surface area (Å²) in [5.74, 6) is -2.07. The maximum atomic E-state index is 11.1. The van der Waals surface area contributed by atoms with Gasteiger partial charge in [-0.05, 0) is 19.1 Å². The van der Waals surface area contributed by atoms with Crippen LogP contribution in [-0.4, -0.2) is 17.0 Å². The van der Waals surface area contributed by atoms with Crippen molar-refractivity contribution in [1.82, 2.24) is 0 Å². The average Bonchev–Trinajstić information content (AvgIpc) is 2.50. The van der Waals surface area contributed by atoms with Gasteiger partial charge in [0.25, 0.3) is 0 Å². The molecule has 1 heterocycles. The van der Waals surface area contributed by atoms with Gasteiger partial charge in [-0.3, -0.25) is 9.59 Å². The Morgan fingerprint density at radius 1 is 1.60 bits per heavy atom. The van der Waals surface area contributed by atoms with E-state index in [-0.39, 0.29) is 6.42 Å². The standard InChI is InChI=1S/C9H10ClNO3S/c1-9(7(11)12,8(13)14)4-5-2-3-6(10)15-5/h2-3H,4H2,1H3,(H2,11,12)(H,13,14). The second-order valence-electron chi connectivity index (χ2n) is 3.38. The summed E-state index contributed by atoms with van der Waals surface area (Å²) in [4.78, 5) is 22.8. The van der Waals surface area contributed by atoms with Gasteiger partial charge in [-0.2, -0.15) is 0 Å². The molecule has 0 spiro atoms. The Hall–Kier alpha value is -1.07. The molecule has 0 fully saturated rings. The Morgan fingerprint density at radius 3 is 2.53 bits per heavy atom. The predicted molar refractivity (Wildman–Crippen MR) is 58.0 cm³/mol. The van der Waals surface area contributed by atoms with E-state index in [1.165, 1.54) is 18.3 Å². The summed E-state index contributed by atoms with van der Waals surface area (Å²) >= 11 is 6.95. The minimum Gasteiger partial charge on any atom is -0.480 e. The number of carbonyl (C=O) groups is 2. The highest BCUT2D eigenvalue weighted by atomic mass is 35.5. The third-order valence-corrected chi connectivity index (χ3v) is 3.40. The molecule has 1 aromatic rings. The maximum absolute atomic E-state index is 11.1. The highest BCUT2D eigenvalue weighted by Crippen LogP contribution is 2.29. The summed E-state index contributed by atoms with van der Waals surface area (Å²) in [7, 11) is 0. The quantitative estimate of drug-likeness (QED) is 0.792. The Morgan fingerprint density at radius 2 is 2.20 bits per heavy atom. The smallest absolute Gasteiger partial charge is 0.319 e. The van der Waals surface area contributed by atoms with Gasteiger partial charge >= 0.3 is 5.97 Å².